The van der Waals surface area contributed by atoms with Gasteiger partial charge in [0.05, 0.1) is 6.61 Å². The maximum Gasteiger partial charge on any atom is 0.306 e. The summed E-state index contributed by atoms with van der Waals surface area (Å²) in [7, 11) is 0. The van der Waals surface area contributed by atoms with Crippen molar-refractivity contribution in [2.24, 2.45) is 0 Å². The summed E-state index contributed by atoms with van der Waals surface area (Å²) in [5.41, 5.74) is 0. The van der Waals surface area contributed by atoms with Crippen LogP contribution in [0.15, 0.2) is 60.8 Å². The Balaban J connectivity index is 3.39. The van der Waals surface area contributed by atoms with Gasteiger partial charge in [-0.1, -0.05) is 344 Å². The molecule has 1 atom stereocenters. The first-order valence-electron chi connectivity index (χ1n) is 34.8. The van der Waals surface area contributed by atoms with E-state index in [-0.39, 0.29) is 25.2 Å². The number of hydrogen-bond acceptors (Lipinski definition) is 5. The Morgan fingerprint density at radius 1 is 0.308 bits per heavy atom. The van der Waals surface area contributed by atoms with Crippen LogP contribution in [0.3, 0.4) is 0 Å². The van der Waals surface area contributed by atoms with Crippen molar-refractivity contribution in [3.8, 4) is 0 Å². The van der Waals surface area contributed by atoms with Crippen LogP contribution in [0.2, 0.25) is 0 Å². The molecule has 78 heavy (non-hydrogen) atoms. The summed E-state index contributed by atoms with van der Waals surface area (Å²) >= 11 is 0. The zero-order chi connectivity index (χ0) is 56.2. The van der Waals surface area contributed by atoms with Crippen LogP contribution >= 0.6 is 0 Å². The van der Waals surface area contributed by atoms with E-state index in [1.54, 1.807) is 0 Å². The Morgan fingerprint density at radius 3 is 0.846 bits per heavy atom. The van der Waals surface area contributed by atoms with E-state index >= 15 is 0 Å². The number of ether oxygens (including phenoxy) is 2. The van der Waals surface area contributed by atoms with E-state index in [2.05, 4.69) is 74.6 Å². The van der Waals surface area contributed by atoms with Crippen molar-refractivity contribution in [2.45, 2.75) is 380 Å². The fourth-order valence-corrected chi connectivity index (χ4v) is 10.6. The molecule has 0 aliphatic heterocycles. The van der Waals surface area contributed by atoms with Crippen molar-refractivity contribution in [1.82, 2.24) is 0 Å². The molecular weight excluding hydrogens is 957 g/mol. The molecule has 456 valence electrons. The van der Waals surface area contributed by atoms with E-state index in [1.165, 1.54) is 283 Å². The Labute approximate surface area is 487 Å². The Hall–Kier alpha value is -2.40. The van der Waals surface area contributed by atoms with Gasteiger partial charge in [0.1, 0.15) is 6.61 Å². The molecule has 0 radical (unpaired) electrons. The Bertz CT molecular complexity index is 1330. The summed E-state index contributed by atoms with van der Waals surface area (Å²) < 4.78 is 10.8. The van der Waals surface area contributed by atoms with Crippen molar-refractivity contribution >= 4 is 11.9 Å². The zero-order valence-corrected chi connectivity index (χ0v) is 52.4. The van der Waals surface area contributed by atoms with Crippen LogP contribution in [0.25, 0.3) is 0 Å². The Kier molecular flexibility index (Phi) is 66.8. The third-order valence-corrected chi connectivity index (χ3v) is 15.8. The molecule has 0 amide bonds. The van der Waals surface area contributed by atoms with Crippen LogP contribution in [-0.2, 0) is 19.1 Å². The second-order valence-electron chi connectivity index (χ2n) is 23.6. The lowest BCUT2D eigenvalue weighted by Gasteiger charge is -2.15. The zero-order valence-electron chi connectivity index (χ0n) is 52.4. The molecule has 1 N–H and O–H groups in total. The van der Waals surface area contributed by atoms with E-state index in [4.69, 9.17) is 9.47 Å². The average Bonchev–Trinajstić information content (AvgIpc) is 3.44. The highest BCUT2D eigenvalue weighted by molar-refractivity contribution is 5.70. The summed E-state index contributed by atoms with van der Waals surface area (Å²) in [4.78, 5) is 24.6. The van der Waals surface area contributed by atoms with Gasteiger partial charge in [0.15, 0.2) is 6.10 Å². The molecule has 0 rings (SSSR count). The van der Waals surface area contributed by atoms with Gasteiger partial charge in [-0.3, -0.25) is 9.59 Å². The molecule has 1 unspecified atom stereocenters. The largest absolute Gasteiger partial charge is 0.462 e. The van der Waals surface area contributed by atoms with Crippen LogP contribution in [-0.4, -0.2) is 36.4 Å². The minimum Gasteiger partial charge on any atom is -0.462 e. The number of aliphatic hydroxyl groups excluding tert-OH is 1. The third kappa shape index (κ3) is 66.1. The van der Waals surface area contributed by atoms with Gasteiger partial charge in [-0.25, -0.2) is 0 Å². The fourth-order valence-electron chi connectivity index (χ4n) is 10.6. The van der Waals surface area contributed by atoms with Gasteiger partial charge in [0, 0.05) is 12.8 Å². The van der Waals surface area contributed by atoms with E-state index in [0.29, 0.717) is 12.8 Å². The second-order valence-corrected chi connectivity index (χ2v) is 23.6. The van der Waals surface area contributed by atoms with Gasteiger partial charge in [0.25, 0.3) is 0 Å². The average molecular weight is 1090 g/mol. The molecule has 0 aromatic carbocycles. The van der Waals surface area contributed by atoms with Crippen molar-refractivity contribution in [3.05, 3.63) is 60.8 Å². The highest BCUT2D eigenvalue weighted by atomic mass is 16.6. The van der Waals surface area contributed by atoms with Crippen molar-refractivity contribution in [3.63, 3.8) is 0 Å². The maximum absolute atomic E-state index is 12.4. The number of allylic oxidation sites excluding steroid dienone is 10. The van der Waals surface area contributed by atoms with E-state index < -0.39 is 6.10 Å². The summed E-state index contributed by atoms with van der Waals surface area (Å²) in [6.45, 7) is 4.08. The van der Waals surface area contributed by atoms with Crippen LogP contribution in [0.5, 0.6) is 0 Å². The van der Waals surface area contributed by atoms with E-state index in [1.807, 2.05) is 0 Å². The van der Waals surface area contributed by atoms with Crippen LogP contribution < -0.4 is 0 Å². The normalized spacial score (nSPS) is 12.5. The van der Waals surface area contributed by atoms with E-state index in [0.717, 1.165) is 64.2 Å². The molecule has 0 bridgehead atoms. The third-order valence-electron chi connectivity index (χ3n) is 15.8. The number of carbonyl (C=O) groups excluding carboxylic acids is 2. The number of aliphatic hydroxyl groups is 1. The molecule has 0 aliphatic rings. The van der Waals surface area contributed by atoms with Gasteiger partial charge in [-0.05, 0) is 77.0 Å². The smallest absolute Gasteiger partial charge is 0.306 e. The van der Waals surface area contributed by atoms with Crippen LogP contribution in [0.4, 0.5) is 0 Å². The second kappa shape index (κ2) is 68.9. The summed E-state index contributed by atoms with van der Waals surface area (Å²) in [5, 5.41) is 9.70. The minimum atomic E-state index is -0.771. The summed E-state index contributed by atoms with van der Waals surface area (Å²) in [6, 6.07) is 0. The number of unbranched alkanes of at least 4 members (excludes halogenated alkanes) is 47. The fraction of sp³-hybridized carbons (Fsp3) is 0.836. The highest BCUT2D eigenvalue weighted by Gasteiger charge is 2.16. The van der Waals surface area contributed by atoms with Crippen molar-refractivity contribution in [1.29, 1.82) is 0 Å². The molecule has 0 aromatic rings. The SMILES string of the molecule is CC/C=C\C/C=C\C/C=C\C/C=C\CCCCCCCCCCCCCCCCCCCCCCCCCCC(=O)OC(CO)COC(=O)CCCCCCCCCCCCCCCCC/C=C\CCCCCCCCCC. The molecule has 0 spiro atoms. The monoisotopic (exact) mass is 1090 g/mol. The maximum atomic E-state index is 12.4. The van der Waals surface area contributed by atoms with Gasteiger partial charge < -0.3 is 14.6 Å². The predicted molar refractivity (Wildman–Crippen MR) is 344 cm³/mol. The lowest BCUT2D eigenvalue weighted by Crippen LogP contribution is -2.28. The molecule has 5 nitrogen and oxygen atoms in total. The number of hydrogen-bond donors (Lipinski definition) is 1. The molecule has 0 heterocycles. The van der Waals surface area contributed by atoms with Crippen molar-refractivity contribution < 1.29 is 24.2 Å². The highest BCUT2D eigenvalue weighted by Crippen LogP contribution is 2.19. The van der Waals surface area contributed by atoms with E-state index in [9.17, 15) is 14.7 Å². The van der Waals surface area contributed by atoms with Gasteiger partial charge in [0.2, 0.25) is 0 Å². The topological polar surface area (TPSA) is 72.8 Å². The van der Waals surface area contributed by atoms with Gasteiger partial charge in [-0.2, -0.15) is 0 Å². The van der Waals surface area contributed by atoms with Crippen LogP contribution in [0, 0.1) is 0 Å². The van der Waals surface area contributed by atoms with Crippen molar-refractivity contribution in [2.75, 3.05) is 13.2 Å². The molecule has 0 aliphatic carbocycles. The quantitative estimate of drug-likeness (QED) is 0.0373. The molecule has 0 saturated heterocycles. The predicted octanol–water partition coefficient (Wildman–Crippen LogP) is 24.1. The molecular formula is C73H134O5. The minimum absolute atomic E-state index is 0.0606. The summed E-state index contributed by atoms with van der Waals surface area (Å²) in [6.07, 6.45) is 94.0. The van der Waals surface area contributed by atoms with Gasteiger partial charge in [-0.15, -0.1) is 0 Å². The molecule has 0 saturated carbocycles. The number of rotatable bonds is 65. The molecule has 5 heteroatoms. The lowest BCUT2D eigenvalue weighted by molar-refractivity contribution is -0.161. The molecule has 0 aromatic heterocycles. The first kappa shape index (κ1) is 75.6. The Morgan fingerprint density at radius 2 is 0.551 bits per heavy atom. The summed E-state index contributed by atoms with van der Waals surface area (Å²) in [5.74, 6) is -0.568. The van der Waals surface area contributed by atoms with Gasteiger partial charge >= 0.3 is 11.9 Å². The number of carbonyl (C=O) groups is 2. The lowest BCUT2D eigenvalue weighted by atomic mass is 10.0. The first-order chi connectivity index (χ1) is 38.6. The van der Waals surface area contributed by atoms with Crippen LogP contribution in [0.1, 0.15) is 373 Å². The number of esters is 2. The molecule has 0 fully saturated rings. The standard InChI is InChI=1S/C73H134O5/c1-3-5-7-9-11-13-15-17-19-21-23-25-27-29-31-32-33-34-35-36-37-38-39-40-42-44-46-48-50-52-54-56-58-60-62-64-66-68-73(76)78-71(69-74)70-77-72(75)67-65-63-61-59-57-55-53-51-49-47-45-43-41-30-28-26-24-22-20-18-16-14-12-10-8-6-4-2/h5,7,11,13,17,19,22-25,71,74H,3-4,6,8-10,12,14-16,18,20-21,26-70H2,1-2H3/b7-5-,13-11-,19-17-,24-22-,25-23-. The first-order valence-corrected chi connectivity index (χ1v) is 34.8.